The highest BCUT2D eigenvalue weighted by molar-refractivity contribution is 6.13. The van der Waals surface area contributed by atoms with E-state index in [1.165, 1.54) is 37.9 Å². The molecule has 6 rings (SSSR count). The van der Waals surface area contributed by atoms with Crippen LogP contribution in [0, 0.1) is 0 Å². The van der Waals surface area contributed by atoms with Crippen molar-refractivity contribution in [3.8, 4) is 11.1 Å². The molecule has 1 nitrogen and oxygen atoms in total. The van der Waals surface area contributed by atoms with E-state index in [9.17, 15) is 0 Å². The fourth-order valence-corrected chi connectivity index (χ4v) is 4.07. The van der Waals surface area contributed by atoms with Gasteiger partial charge in [0.05, 0.1) is 0 Å². The van der Waals surface area contributed by atoms with E-state index >= 15 is 0 Å². The highest BCUT2D eigenvalue weighted by atomic mass is 16.3. The summed E-state index contributed by atoms with van der Waals surface area (Å²) in [7, 11) is 0. The number of rotatable bonds is 1. The van der Waals surface area contributed by atoms with Crippen LogP contribution in [0.1, 0.15) is 0 Å². The van der Waals surface area contributed by atoms with Crippen molar-refractivity contribution in [2.45, 2.75) is 0 Å². The molecule has 6 aromatic rings. The molecule has 0 bridgehead atoms. The minimum Gasteiger partial charge on any atom is -0.455 e. The highest BCUT2D eigenvalue weighted by Crippen LogP contribution is 2.38. The lowest BCUT2D eigenvalue weighted by Gasteiger charge is -2.05. The minimum absolute atomic E-state index is 0.942. The Morgan fingerprint density at radius 1 is 0.481 bits per heavy atom. The summed E-state index contributed by atoms with van der Waals surface area (Å²) in [6.45, 7) is 0. The first-order chi connectivity index (χ1) is 13.4. The standard InChI is InChI=1S/C26H16O/c1-2-7-18-14-21(13-12-17(18)6-1)22-10-5-11-23-24-15-19-8-3-4-9-20(19)16-25(24)27-26(22)23/h1-16H. The van der Waals surface area contributed by atoms with Gasteiger partial charge in [0.2, 0.25) is 0 Å². The summed E-state index contributed by atoms with van der Waals surface area (Å²) in [5.74, 6) is 0. The van der Waals surface area contributed by atoms with Crippen molar-refractivity contribution < 1.29 is 4.42 Å². The van der Waals surface area contributed by atoms with Crippen LogP contribution in [0.3, 0.4) is 0 Å². The molecule has 0 unspecified atom stereocenters. The Morgan fingerprint density at radius 3 is 2.00 bits per heavy atom. The number of benzene rings is 5. The van der Waals surface area contributed by atoms with Gasteiger partial charge in [-0.3, -0.25) is 0 Å². The molecule has 0 aliphatic rings. The van der Waals surface area contributed by atoms with E-state index < -0.39 is 0 Å². The van der Waals surface area contributed by atoms with E-state index in [0.717, 1.165) is 16.7 Å². The first-order valence-electron chi connectivity index (χ1n) is 9.20. The molecule has 0 radical (unpaired) electrons. The monoisotopic (exact) mass is 344 g/mol. The topological polar surface area (TPSA) is 13.1 Å². The molecule has 0 N–H and O–H groups in total. The lowest BCUT2D eigenvalue weighted by molar-refractivity contribution is 0.670. The third-order valence-electron chi connectivity index (χ3n) is 5.43. The summed E-state index contributed by atoms with van der Waals surface area (Å²) in [6.07, 6.45) is 0. The van der Waals surface area contributed by atoms with Gasteiger partial charge in [0.25, 0.3) is 0 Å². The number of hydrogen-bond donors (Lipinski definition) is 0. The normalized spacial score (nSPS) is 11.7. The zero-order chi connectivity index (χ0) is 17.8. The average molecular weight is 344 g/mol. The maximum atomic E-state index is 6.36. The van der Waals surface area contributed by atoms with Gasteiger partial charge in [0, 0.05) is 16.3 Å². The lowest BCUT2D eigenvalue weighted by Crippen LogP contribution is -1.80. The molecular weight excluding hydrogens is 328 g/mol. The molecule has 1 heteroatoms. The largest absolute Gasteiger partial charge is 0.455 e. The van der Waals surface area contributed by atoms with Gasteiger partial charge in [0.15, 0.2) is 0 Å². The maximum Gasteiger partial charge on any atom is 0.143 e. The molecule has 0 amide bonds. The number of para-hydroxylation sites is 1. The fourth-order valence-electron chi connectivity index (χ4n) is 4.07. The maximum absolute atomic E-state index is 6.36. The van der Waals surface area contributed by atoms with Crippen molar-refractivity contribution in [3.05, 3.63) is 97.1 Å². The molecule has 0 saturated carbocycles. The van der Waals surface area contributed by atoms with Gasteiger partial charge in [-0.1, -0.05) is 78.9 Å². The molecule has 1 heterocycles. The predicted molar refractivity (Wildman–Crippen MR) is 114 cm³/mol. The van der Waals surface area contributed by atoms with Gasteiger partial charge in [-0.05, 0) is 45.3 Å². The molecular formula is C26H16O. The number of fused-ring (bicyclic) bond motifs is 5. The van der Waals surface area contributed by atoms with Crippen LogP contribution in [0.2, 0.25) is 0 Å². The Labute approximate surface area is 156 Å². The van der Waals surface area contributed by atoms with Gasteiger partial charge >= 0.3 is 0 Å². The predicted octanol–water partition coefficient (Wildman–Crippen LogP) is 7.56. The Morgan fingerprint density at radius 2 is 1.19 bits per heavy atom. The molecule has 126 valence electrons. The van der Waals surface area contributed by atoms with Crippen LogP contribution >= 0.6 is 0 Å². The van der Waals surface area contributed by atoms with Crippen molar-refractivity contribution in [2.24, 2.45) is 0 Å². The second-order valence-corrected chi connectivity index (χ2v) is 7.04. The summed E-state index contributed by atoms with van der Waals surface area (Å²) >= 11 is 0. The Balaban J connectivity index is 1.67. The molecule has 0 fully saturated rings. The number of furan rings is 1. The minimum atomic E-state index is 0.942. The molecule has 0 atom stereocenters. The Kier molecular flexibility index (Phi) is 2.95. The quantitative estimate of drug-likeness (QED) is 0.300. The van der Waals surface area contributed by atoms with Gasteiger partial charge in [-0.25, -0.2) is 0 Å². The van der Waals surface area contributed by atoms with Crippen LogP contribution in [0.5, 0.6) is 0 Å². The third-order valence-corrected chi connectivity index (χ3v) is 5.43. The summed E-state index contributed by atoms with van der Waals surface area (Å²) in [5.41, 5.74) is 4.22. The van der Waals surface area contributed by atoms with E-state index in [-0.39, 0.29) is 0 Å². The van der Waals surface area contributed by atoms with E-state index in [1.54, 1.807) is 0 Å². The van der Waals surface area contributed by atoms with E-state index in [1.807, 2.05) is 0 Å². The molecule has 5 aromatic carbocycles. The van der Waals surface area contributed by atoms with Gasteiger partial charge in [0.1, 0.15) is 11.2 Å². The Hall–Kier alpha value is -3.58. The molecule has 0 spiro atoms. The number of hydrogen-bond acceptors (Lipinski definition) is 1. The summed E-state index contributed by atoms with van der Waals surface area (Å²) in [6, 6.07) is 34.3. The van der Waals surface area contributed by atoms with Crippen LogP contribution in [-0.2, 0) is 0 Å². The summed E-state index contributed by atoms with van der Waals surface area (Å²) in [5, 5.41) is 7.28. The first-order valence-corrected chi connectivity index (χ1v) is 9.20. The highest BCUT2D eigenvalue weighted by Gasteiger charge is 2.13. The average Bonchev–Trinajstić information content (AvgIpc) is 3.09. The van der Waals surface area contributed by atoms with E-state index in [2.05, 4.69) is 97.1 Å². The zero-order valence-electron chi connectivity index (χ0n) is 14.6. The zero-order valence-corrected chi connectivity index (χ0v) is 14.6. The van der Waals surface area contributed by atoms with Crippen molar-refractivity contribution in [1.82, 2.24) is 0 Å². The molecule has 0 aliphatic heterocycles. The van der Waals surface area contributed by atoms with Crippen LogP contribution < -0.4 is 0 Å². The molecule has 27 heavy (non-hydrogen) atoms. The molecule has 0 aliphatic carbocycles. The van der Waals surface area contributed by atoms with Crippen molar-refractivity contribution in [1.29, 1.82) is 0 Å². The SMILES string of the molecule is c1ccc2cc(-c3cccc4c3oc3cc5ccccc5cc34)ccc2c1. The van der Waals surface area contributed by atoms with E-state index in [4.69, 9.17) is 4.42 Å². The summed E-state index contributed by atoms with van der Waals surface area (Å²) in [4.78, 5) is 0. The summed E-state index contributed by atoms with van der Waals surface area (Å²) < 4.78 is 6.36. The second kappa shape index (κ2) is 5.46. The van der Waals surface area contributed by atoms with Gasteiger partial charge in [-0.15, -0.1) is 0 Å². The van der Waals surface area contributed by atoms with Crippen molar-refractivity contribution in [2.75, 3.05) is 0 Å². The van der Waals surface area contributed by atoms with Crippen LogP contribution in [-0.4, -0.2) is 0 Å². The van der Waals surface area contributed by atoms with Gasteiger partial charge < -0.3 is 4.42 Å². The molecule has 1 aromatic heterocycles. The first kappa shape index (κ1) is 14.6. The fraction of sp³-hybridized carbons (Fsp3) is 0. The van der Waals surface area contributed by atoms with Crippen LogP contribution in [0.15, 0.2) is 101 Å². The Bertz CT molecular complexity index is 1470. The molecule has 0 saturated heterocycles. The van der Waals surface area contributed by atoms with Crippen LogP contribution in [0.25, 0.3) is 54.6 Å². The van der Waals surface area contributed by atoms with Crippen LogP contribution in [0.4, 0.5) is 0 Å². The third kappa shape index (κ3) is 2.18. The van der Waals surface area contributed by atoms with Gasteiger partial charge in [-0.2, -0.15) is 0 Å². The lowest BCUT2D eigenvalue weighted by atomic mass is 9.99. The van der Waals surface area contributed by atoms with E-state index in [0.29, 0.717) is 0 Å². The van der Waals surface area contributed by atoms with Crippen molar-refractivity contribution >= 4 is 43.5 Å². The smallest absolute Gasteiger partial charge is 0.143 e. The second-order valence-electron chi connectivity index (χ2n) is 7.04. The van der Waals surface area contributed by atoms with Crippen molar-refractivity contribution in [3.63, 3.8) is 0 Å².